The van der Waals surface area contributed by atoms with E-state index in [0.29, 0.717) is 12.5 Å². The van der Waals surface area contributed by atoms with E-state index in [2.05, 4.69) is 10.6 Å². The minimum Gasteiger partial charge on any atom is -0.392 e. The monoisotopic (exact) mass is 234 g/mol. The van der Waals surface area contributed by atoms with Gasteiger partial charge in [-0.1, -0.05) is 12.1 Å². The molecule has 1 aliphatic rings. The van der Waals surface area contributed by atoms with Crippen LogP contribution in [0, 0.1) is 0 Å². The molecule has 0 atom stereocenters. The number of hydrogen-bond acceptors (Lipinski definition) is 3. The maximum atomic E-state index is 11.6. The van der Waals surface area contributed by atoms with Crippen molar-refractivity contribution in [3.63, 3.8) is 0 Å². The van der Waals surface area contributed by atoms with Crippen LogP contribution >= 0.6 is 0 Å². The van der Waals surface area contributed by atoms with Crippen molar-refractivity contribution in [2.24, 2.45) is 0 Å². The first-order valence-corrected chi connectivity index (χ1v) is 6.01. The van der Waals surface area contributed by atoms with Crippen LogP contribution in [0.3, 0.4) is 0 Å². The molecule has 17 heavy (non-hydrogen) atoms. The van der Waals surface area contributed by atoms with E-state index in [-0.39, 0.29) is 12.5 Å². The van der Waals surface area contributed by atoms with Gasteiger partial charge >= 0.3 is 0 Å². The number of rotatable bonds is 6. The third kappa shape index (κ3) is 4.17. The van der Waals surface area contributed by atoms with E-state index in [4.69, 9.17) is 5.11 Å². The third-order valence-electron chi connectivity index (χ3n) is 2.78. The quantitative estimate of drug-likeness (QED) is 0.694. The van der Waals surface area contributed by atoms with Gasteiger partial charge in [-0.3, -0.25) is 4.79 Å². The van der Waals surface area contributed by atoms with Gasteiger partial charge in [0.25, 0.3) is 0 Å². The van der Waals surface area contributed by atoms with Crippen LogP contribution in [0.4, 0.5) is 5.69 Å². The Balaban J connectivity index is 1.72. The van der Waals surface area contributed by atoms with E-state index < -0.39 is 0 Å². The van der Waals surface area contributed by atoms with Crippen molar-refractivity contribution in [3.05, 3.63) is 29.8 Å². The molecule has 0 bridgehead atoms. The molecule has 1 fully saturated rings. The first kappa shape index (κ1) is 12.1. The van der Waals surface area contributed by atoms with Gasteiger partial charge < -0.3 is 15.7 Å². The summed E-state index contributed by atoms with van der Waals surface area (Å²) in [5.74, 6) is 0.0231. The van der Waals surface area contributed by atoms with E-state index in [0.717, 1.165) is 17.8 Å². The summed E-state index contributed by atoms with van der Waals surface area (Å²) in [6, 6.07) is 7.86. The molecule has 0 spiro atoms. The summed E-state index contributed by atoms with van der Waals surface area (Å²) in [5.41, 5.74) is 1.62. The molecule has 1 aromatic rings. The summed E-state index contributed by atoms with van der Waals surface area (Å²) < 4.78 is 0. The molecule has 0 heterocycles. The van der Waals surface area contributed by atoms with Crippen molar-refractivity contribution in [1.29, 1.82) is 0 Å². The lowest BCUT2D eigenvalue weighted by atomic mass is 10.2. The van der Waals surface area contributed by atoms with Crippen molar-refractivity contribution in [3.8, 4) is 0 Å². The van der Waals surface area contributed by atoms with Gasteiger partial charge in [0.05, 0.1) is 6.61 Å². The van der Waals surface area contributed by atoms with Crippen LogP contribution in [0.1, 0.15) is 24.8 Å². The van der Waals surface area contributed by atoms with Crippen molar-refractivity contribution in [2.45, 2.75) is 31.9 Å². The average molecular weight is 234 g/mol. The molecular formula is C13H18N2O2. The molecule has 2 rings (SSSR count). The van der Waals surface area contributed by atoms with Crippen molar-refractivity contribution < 1.29 is 9.90 Å². The number of aliphatic hydroxyl groups is 1. The van der Waals surface area contributed by atoms with Crippen LogP contribution in [0.2, 0.25) is 0 Å². The van der Waals surface area contributed by atoms with E-state index >= 15 is 0 Å². The van der Waals surface area contributed by atoms with E-state index in [1.54, 1.807) is 24.3 Å². The Hall–Kier alpha value is -1.39. The Morgan fingerprint density at radius 2 is 2.00 bits per heavy atom. The molecule has 0 aromatic heterocycles. The second kappa shape index (κ2) is 5.80. The smallest absolute Gasteiger partial charge is 0.225 e. The maximum absolute atomic E-state index is 11.6. The standard InChI is InChI=1S/C13H18N2O2/c16-9-10-1-3-12(4-2-10)15-13(17)7-8-14-11-5-6-11/h1-4,11,14,16H,5-9H2,(H,15,17). The Morgan fingerprint density at radius 1 is 1.29 bits per heavy atom. The first-order chi connectivity index (χ1) is 8.28. The van der Waals surface area contributed by atoms with E-state index in [1.165, 1.54) is 12.8 Å². The molecule has 1 saturated carbocycles. The Morgan fingerprint density at radius 3 is 2.59 bits per heavy atom. The zero-order valence-electron chi connectivity index (χ0n) is 9.78. The topological polar surface area (TPSA) is 61.4 Å². The highest BCUT2D eigenvalue weighted by Crippen LogP contribution is 2.18. The Labute approximate surface area is 101 Å². The maximum Gasteiger partial charge on any atom is 0.225 e. The second-order valence-electron chi connectivity index (χ2n) is 4.38. The number of nitrogens with one attached hydrogen (secondary N) is 2. The number of amides is 1. The van der Waals surface area contributed by atoms with Crippen LogP contribution < -0.4 is 10.6 Å². The molecule has 1 aromatic carbocycles. The molecule has 4 heteroatoms. The van der Waals surface area contributed by atoms with Gasteiger partial charge in [0.15, 0.2) is 0 Å². The molecule has 0 saturated heterocycles. The van der Waals surface area contributed by atoms with Crippen molar-refractivity contribution >= 4 is 11.6 Å². The number of anilines is 1. The predicted molar refractivity (Wildman–Crippen MR) is 66.6 cm³/mol. The highest BCUT2D eigenvalue weighted by molar-refractivity contribution is 5.90. The van der Waals surface area contributed by atoms with Gasteiger partial charge in [-0.25, -0.2) is 0 Å². The molecule has 0 unspecified atom stereocenters. The normalized spacial score (nSPS) is 14.6. The first-order valence-electron chi connectivity index (χ1n) is 6.01. The van der Waals surface area contributed by atoms with Crippen molar-refractivity contribution in [2.75, 3.05) is 11.9 Å². The molecule has 1 aliphatic carbocycles. The number of carbonyl (C=O) groups excluding carboxylic acids is 1. The Kier molecular flexibility index (Phi) is 4.12. The van der Waals surface area contributed by atoms with Gasteiger partial charge in [-0.15, -0.1) is 0 Å². The molecule has 4 nitrogen and oxygen atoms in total. The zero-order valence-corrected chi connectivity index (χ0v) is 9.78. The lowest BCUT2D eigenvalue weighted by molar-refractivity contribution is -0.116. The SMILES string of the molecule is O=C(CCNC1CC1)Nc1ccc(CO)cc1. The fraction of sp³-hybridized carbons (Fsp3) is 0.462. The average Bonchev–Trinajstić information content (AvgIpc) is 3.14. The number of carbonyl (C=O) groups is 1. The highest BCUT2D eigenvalue weighted by atomic mass is 16.3. The number of aliphatic hydroxyl groups excluding tert-OH is 1. The Bertz CT molecular complexity index is 372. The van der Waals surface area contributed by atoms with Crippen LogP contribution in [0.5, 0.6) is 0 Å². The van der Waals surface area contributed by atoms with Gasteiger partial charge in [0.2, 0.25) is 5.91 Å². The zero-order chi connectivity index (χ0) is 12.1. The summed E-state index contributed by atoms with van der Waals surface area (Å²) in [6.07, 6.45) is 2.98. The minimum absolute atomic E-state index is 0.0231. The summed E-state index contributed by atoms with van der Waals surface area (Å²) >= 11 is 0. The molecule has 1 amide bonds. The van der Waals surface area contributed by atoms with Gasteiger partial charge in [-0.05, 0) is 30.5 Å². The molecular weight excluding hydrogens is 216 g/mol. The van der Waals surface area contributed by atoms with Crippen LogP contribution in [-0.4, -0.2) is 23.6 Å². The fourth-order valence-corrected chi connectivity index (χ4v) is 1.59. The highest BCUT2D eigenvalue weighted by Gasteiger charge is 2.19. The lowest BCUT2D eigenvalue weighted by Gasteiger charge is -2.06. The van der Waals surface area contributed by atoms with Gasteiger partial charge in [0, 0.05) is 24.7 Å². The predicted octanol–water partition coefficient (Wildman–Crippen LogP) is 1.26. The van der Waals surface area contributed by atoms with E-state index in [1.807, 2.05) is 0 Å². The number of benzene rings is 1. The number of hydrogen-bond donors (Lipinski definition) is 3. The van der Waals surface area contributed by atoms with Crippen LogP contribution in [0.15, 0.2) is 24.3 Å². The van der Waals surface area contributed by atoms with Crippen LogP contribution in [-0.2, 0) is 11.4 Å². The molecule has 92 valence electrons. The van der Waals surface area contributed by atoms with Crippen molar-refractivity contribution in [1.82, 2.24) is 5.32 Å². The fourth-order valence-electron chi connectivity index (χ4n) is 1.59. The minimum atomic E-state index is 0.0231. The molecule has 3 N–H and O–H groups in total. The summed E-state index contributed by atoms with van der Waals surface area (Å²) in [7, 11) is 0. The van der Waals surface area contributed by atoms with E-state index in [9.17, 15) is 4.79 Å². The summed E-state index contributed by atoms with van der Waals surface area (Å²) in [6.45, 7) is 0.769. The summed E-state index contributed by atoms with van der Waals surface area (Å²) in [4.78, 5) is 11.6. The van der Waals surface area contributed by atoms with Gasteiger partial charge in [0.1, 0.15) is 0 Å². The third-order valence-corrected chi connectivity index (χ3v) is 2.78. The molecule has 0 aliphatic heterocycles. The van der Waals surface area contributed by atoms with Crippen LogP contribution in [0.25, 0.3) is 0 Å². The largest absolute Gasteiger partial charge is 0.392 e. The summed E-state index contributed by atoms with van der Waals surface area (Å²) in [5, 5.41) is 15.0. The second-order valence-corrected chi connectivity index (χ2v) is 4.38. The molecule has 0 radical (unpaired) electrons. The van der Waals surface area contributed by atoms with Gasteiger partial charge in [-0.2, -0.15) is 0 Å². The lowest BCUT2D eigenvalue weighted by Crippen LogP contribution is -2.23.